The summed E-state index contributed by atoms with van der Waals surface area (Å²) in [6, 6.07) is 17.1. The Hall–Kier alpha value is -4.21. The number of nitrogens with zero attached hydrogens (tertiary/aromatic N) is 5. The molecule has 0 unspecified atom stereocenters. The second-order valence-electron chi connectivity index (χ2n) is 11.2. The van der Waals surface area contributed by atoms with E-state index in [2.05, 4.69) is 10.3 Å². The van der Waals surface area contributed by atoms with Crippen molar-refractivity contribution < 1.29 is 23.7 Å². The van der Waals surface area contributed by atoms with Crippen LogP contribution in [0.15, 0.2) is 64.3 Å². The van der Waals surface area contributed by atoms with Crippen LogP contribution in [0.4, 0.5) is 4.79 Å². The first-order valence-corrected chi connectivity index (χ1v) is 13.6. The Kier molecular flexibility index (Phi) is 7.86. The molecule has 2 atom stereocenters. The number of oxime groups is 1. The molecule has 2 aromatic carbocycles. The zero-order chi connectivity index (χ0) is 28.3. The van der Waals surface area contributed by atoms with Gasteiger partial charge in [0.15, 0.2) is 5.82 Å². The monoisotopic (exact) mass is 545 g/mol. The van der Waals surface area contributed by atoms with E-state index in [1.165, 1.54) is 7.11 Å². The molecular formula is C30H35N5O5. The third-order valence-corrected chi connectivity index (χ3v) is 7.06. The van der Waals surface area contributed by atoms with Crippen molar-refractivity contribution in [1.29, 1.82) is 0 Å². The summed E-state index contributed by atoms with van der Waals surface area (Å²) in [6.45, 7) is 6.93. The van der Waals surface area contributed by atoms with Crippen molar-refractivity contribution in [1.82, 2.24) is 19.9 Å². The van der Waals surface area contributed by atoms with E-state index in [0.29, 0.717) is 43.3 Å². The van der Waals surface area contributed by atoms with Gasteiger partial charge in [0.25, 0.3) is 5.91 Å². The van der Waals surface area contributed by atoms with E-state index in [4.69, 9.17) is 19.1 Å². The van der Waals surface area contributed by atoms with Gasteiger partial charge in [0.05, 0.1) is 12.3 Å². The van der Waals surface area contributed by atoms with Gasteiger partial charge in [0, 0.05) is 31.0 Å². The third kappa shape index (κ3) is 6.16. The first-order valence-electron chi connectivity index (χ1n) is 13.6. The number of benzene rings is 2. The van der Waals surface area contributed by atoms with E-state index in [0.717, 1.165) is 29.7 Å². The Morgan fingerprint density at radius 3 is 2.48 bits per heavy atom. The quantitative estimate of drug-likeness (QED) is 0.393. The molecule has 2 fully saturated rings. The summed E-state index contributed by atoms with van der Waals surface area (Å²) in [4.78, 5) is 39.4. The zero-order valence-corrected chi connectivity index (χ0v) is 23.4. The van der Waals surface area contributed by atoms with E-state index in [1.54, 1.807) is 9.80 Å². The molecule has 2 amide bonds. The molecule has 0 spiro atoms. The molecule has 0 aliphatic carbocycles. The van der Waals surface area contributed by atoms with Crippen LogP contribution < -0.4 is 0 Å². The summed E-state index contributed by atoms with van der Waals surface area (Å²) in [6.07, 6.45) is 1.73. The van der Waals surface area contributed by atoms with Gasteiger partial charge in [0.1, 0.15) is 18.8 Å². The minimum absolute atomic E-state index is 0.0815. The van der Waals surface area contributed by atoms with Crippen LogP contribution in [-0.4, -0.2) is 70.0 Å². The number of piperidine rings is 1. The predicted octanol–water partition coefficient (Wildman–Crippen LogP) is 5.44. The standard InChI is InChI=1S/C30H35N5O5/c1-30(2,3)39-29(37)34-16-8-11-23(18-34)26-31-27(40-33-26)25-17-24(32-38-4)19-35(25)28(36)22-14-12-21(13-15-22)20-9-6-5-7-10-20/h5-7,9-10,12-15,23,25H,8,11,16-19H2,1-4H3/b32-24+/t23-,25+/m1/s1. The summed E-state index contributed by atoms with van der Waals surface area (Å²) in [5.41, 5.74) is 2.83. The number of ether oxygens (including phenoxy) is 1. The molecule has 2 saturated heterocycles. The lowest BCUT2D eigenvalue weighted by Crippen LogP contribution is -2.42. The Morgan fingerprint density at radius 2 is 1.77 bits per heavy atom. The van der Waals surface area contributed by atoms with E-state index in [9.17, 15) is 9.59 Å². The molecule has 3 heterocycles. The molecule has 2 aliphatic rings. The molecule has 3 aromatic rings. The summed E-state index contributed by atoms with van der Waals surface area (Å²) < 4.78 is 11.3. The molecule has 1 aromatic heterocycles. The molecular weight excluding hydrogens is 510 g/mol. The van der Waals surface area contributed by atoms with Crippen LogP contribution in [0.3, 0.4) is 0 Å². The molecule has 0 radical (unpaired) electrons. The first kappa shape index (κ1) is 27.4. The topological polar surface area (TPSA) is 110 Å². The van der Waals surface area contributed by atoms with Gasteiger partial charge in [-0.15, -0.1) is 0 Å². The molecule has 0 bridgehead atoms. The van der Waals surface area contributed by atoms with Gasteiger partial charge in [-0.1, -0.05) is 52.8 Å². The highest BCUT2D eigenvalue weighted by Gasteiger charge is 2.39. The second-order valence-corrected chi connectivity index (χ2v) is 11.2. The third-order valence-electron chi connectivity index (χ3n) is 7.06. The van der Waals surface area contributed by atoms with Gasteiger partial charge < -0.3 is 23.9 Å². The molecule has 2 aliphatic heterocycles. The highest BCUT2D eigenvalue weighted by molar-refractivity contribution is 6.00. The molecule has 5 rings (SSSR count). The minimum Gasteiger partial charge on any atom is -0.444 e. The normalized spacial score (nSPS) is 20.6. The lowest BCUT2D eigenvalue weighted by atomic mass is 9.98. The number of carbonyl (C=O) groups excluding carboxylic acids is 2. The number of hydrogen-bond donors (Lipinski definition) is 0. The van der Waals surface area contributed by atoms with Crippen molar-refractivity contribution >= 4 is 17.7 Å². The van der Waals surface area contributed by atoms with Crippen molar-refractivity contribution in [3.8, 4) is 11.1 Å². The fraction of sp³-hybridized carbons (Fsp3) is 0.433. The molecule has 0 saturated carbocycles. The maximum absolute atomic E-state index is 13.7. The van der Waals surface area contributed by atoms with Crippen LogP contribution in [0.5, 0.6) is 0 Å². The van der Waals surface area contributed by atoms with Crippen molar-refractivity contribution in [2.24, 2.45) is 5.16 Å². The lowest BCUT2D eigenvalue weighted by molar-refractivity contribution is 0.0195. The summed E-state index contributed by atoms with van der Waals surface area (Å²) >= 11 is 0. The van der Waals surface area contributed by atoms with Gasteiger partial charge in [-0.3, -0.25) is 4.79 Å². The number of rotatable bonds is 5. The summed E-state index contributed by atoms with van der Waals surface area (Å²) in [5, 5.41) is 8.37. The van der Waals surface area contributed by atoms with Crippen LogP contribution in [0, 0.1) is 0 Å². The molecule has 40 heavy (non-hydrogen) atoms. The first-order chi connectivity index (χ1) is 19.2. The number of amides is 2. The van der Waals surface area contributed by atoms with Gasteiger partial charge >= 0.3 is 6.09 Å². The number of hydrogen-bond acceptors (Lipinski definition) is 8. The molecule has 0 N–H and O–H groups in total. The number of aromatic nitrogens is 2. The maximum Gasteiger partial charge on any atom is 0.410 e. The largest absolute Gasteiger partial charge is 0.444 e. The van der Waals surface area contributed by atoms with Crippen LogP contribution in [0.2, 0.25) is 0 Å². The van der Waals surface area contributed by atoms with Gasteiger partial charge in [-0.25, -0.2) is 4.79 Å². The average Bonchev–Trinajstić information content (AvgIpc) is 3.60. The Labute approximate surface area is 233 Å². The fourth-order valence-corrected chi connectivity index (χ4v) is 5.16. The number of carbonyl (C=O) groups is 2. The Balaban J connectivity index is 1.33. The van der Waals surface area contributed by atoms with Crippen LogP contribution >= 0.6 is 0 Å². The smallest absolute Gasteiger partial charge is 0.410 e. The fourth-order valence-electron chi connectivity index (χ4n) is 5.16. The van der Waals surface area contributed by atoms with Crippen molar-refractivity contribution in [3.05, 3.63) is 71.9 Å². The lowest BCUT2D eigenvalue weighted by Gasteiger charge is -2.33. The summed E-state index contributed by atoms with van der Waals surface area (Å²) in [7, 11) is 1.49. The van der Waals surface area contributed by atoms with Gasteiger partial charge in [-0.05, 0) is 56.9 Å². The highest BCUT2D eigenvalue weighted by atomic mass is 16.6. The van der Waals surface area contributed by atoms with Crippen LogP contribution in [0.25, 0.3) is 11.1 Å². The minimum atomic E-state index is -0.564. The summed E-state index contributed by atoms with van der Waals surface area (Å²) in [5.74, 6) is 0.640. The second kappa shape index (κ2) is 11.5. The molecule has 10 nitrogen and oxygen atoms in total. The van der Waals surface area contributed by atoms with Crippen LogP contribution in [0.1, 0.15) is 74.1 Å². The van der Waals surface area contributed by atoms with Gasteiger partial charge in [0.2, 0.25) is 5.89 Å². The maximum atomic E-state index is 13.7. The Bertz CT molecular complexity index is 1360. The highest BCUT2D eigenvalue weighted by Crippen LogP contribution is 2.34. The van der Waals surface area contributed by atoms with E-state index in [-0.39, 0.29) is 17.9 Å². The van der Waals surface area contributed by atoms with Crippen molar-refractivity contribution in [3.63, 3.8) is 0 Å². The van der Waals surface area contributed by atoms with Gasteiger partial charge in [-0.2, -0.15) is 4.98 Å². The van der Waals surface area contributed by atoms with Crippen LogP contribution in [-0.2, 0) is 9.57 Å². The van der Waals surface area contributed by atoms with E-state index in [1.807, 2.05) is 75.4 Å². The Morgan fingerprint density at radius 1 is 1.05 bits per heavy atom. The van der Waals surface area contributed by atoms with Crippen molar-refractivity contribution in [2.75, 3.05) is 26.7 Å². The zero-order valence-electron chi connectivity index (χ0n) is 23.4. The van der Waals surface area contributed by atoms with Crippen molar-refractivity contribution in [2.45, 2.75) is 57.6 Å². The van der Waals surface area contributed by atoms with E-state index >= 15 is 0 Å². The molecule has 10 heteroatoms. The predicted molar refractivity (Wildman–Crippen MR) is 149 cm³/mol. The average molecular weight is 546 g/mol. The number of likely N-dealkylation sites (tertiary alicyclic amines) is 2. The van der Waals surface area contributed by atoms with E-state index < -0.39 is 11.6 Å². The SMILES string of the molecule is CO/N=C1\C[C@@H](c2nc([C@@H]3CCCN(C(=O)OC(C)(C)C)C3)no2)N(C(=O)c2ccc(-c3ccccc3)cc2)C1. The molecule has 210 valence electrons.